The zero-order valence-corrected chi connectivity index (χ0v) is 12.2. The lowest BCUT2D eigenvalue weighted by atomic mass is 10.4. The third-order valence-corrected chi connectivity index (χ3v) is 3.78. The minimum atomic E-state index is -0.233. The van der Waals surface area contributed by atoms with Gasteiger partial charge in [0, 0.05) is 37.9 Å². The van der Waals surface area contributed by atoms with Crippen LogP contribution in [0.5, 0.6) is 0 Å². The van der Waals surface area contributed by atoms with Gasteiger partial charge in [-0.15, -0.1) is 0 Å². The standard InChI is InChI=1S/C11H16N6O2S/c1-3-16(4-2)10-13-9(12)14-11(15-10)20-17-7(18)5-6-8(17)19/h3-6H2,1-2H3,(H2,12,13,14,15). The highest BCUT2D eigenvalue weighted by molar-refractivity contribution is 7.97. The normalized spacial score (nSPS) is 15.0. The lowest BCUT2D eigenvalue weighted by molar-refractivity contribution is -0.131. The van der Waals surface area contributed by atoms with E-state index in [1.54, 1.807) is 0 Å². The molecule has 0 saturated carbocycles. The molecule has 1 aromatic rings. The molecule has 1 fully saturated rings. The third-order valence-electron chi connectivity index (χ3n) is 2.85. The van der Waals surface area contributed by atoms with Gasteiger partial charge < -0.3 is 10.6 Å². The predicted octanol–water partition coefficient (Wildman–Crippen LogP) is 0.456. The number of imide groups is 1. The maximum atomic E-state index is 11.6. The van der Waals surface area contributed by atoms with Gasteiger partial charge in [0.1, 0.15) is 0 Å². The van der Waals surface area contributed by atoms with Gasteiger partial charge in [-0.05, 0) is 13.8 Å². The number of nitrogen functional groups attached to an aromatic ring is 1. The van der Waals surface area contributed by atoms with Crippen LogP contribution in [0.2, 0.25) is 0 Å². The van der Waals surface area contributed by atoms with Crippen molar-refractivity contribution in [3.63, 3.8) is 0 Å². The van der Waals surface area contributed by atoms with Gasteiger partial charge in [-0.1, -0.05) is 0 Å². The van der Waals surface area contributed by atoms with Gasteiger partial charge >= 0.3 is 0 Å². The molecule has 0 aliphatic carbocycles. The van der Waals surface area contributed by atoms with E-state index >= 15 is 0 Å². The van der Waals surface area contributed by atoms with Crippen LogP contribution in [-0.2, 0) is 9.59 Å². The predicted molar refractivity (Wildman–Crippen MR) is 74.7 cm³/mol. The molecule has 9 heteroatoms. The molecule has 0 aromatic carbocycles. The summed E-state index contributed by atoms with van der Waals surface area (Å²) in [5.74, 6) is 0.0549. The zero-order chi connectivity index (χ0) is 14.7. The second kappa shape index (κ2) is 6.04. The Kier molecular flexibility index (Phi) is 4.38. The Hall–Kier alpha value is -1.90. The molecule has 2 N–H and O–H groups in total. The van der Waals surface area contributed by atoms with Crippen LogP contribution in [0.15, 0.2) is 5.16 Å². The molecule has 2 heterocycles. The van der Waals surface area contributed by atoms with Gasteiger partial charge in [0.2, 0.25) is 28.9 Å². The largest absolute Gasteiger partial charge is 0.368 e. The third kappa shape index (κ3) is 2.98. The van der Waals surface area contributed by atoms with E-state index < -0.39 is 0 Å². The lowest BCUT2D eigenvalue weighted by Crippen LogP contribution is -2.26. The number of nitrogens with zero attached hydrogens (tertiary/aromatic N) is 5. The minimum absolute atomic E-state index is 0.0727. The van der Waals surface area contributed by atoms with Crippen molar-refractivity contribution in [2.24, 2.45) is 0 Å². The van der Waals surface area contributed by atoms with Crippen LogP contribution < -0.4 is 10.6 Å². The fraction of sp³-hybridized carbons (Fsp3) is 0.545. The first-order valence-corrected chi connectivity index (χ1v) is 7.12. The molecule has 0 radical (unpaired) electrons. The highest BCUT2D eigenvalue weighted by Gasteiger charge is 2.31. The molecule has 1 aliphatic heterocycles. The first-order valence-electron chi connectivity index (χ1n) is 6.35. The summed E-state index contributed by atoms with van der Waals surface area (Å²) in [5.41, 5.74) is 5.66. The number of amides is 2. The van der Waals surface area contributed by atoms with Crippen molar-refractivity contribution >= 4 is 35.7 Å². The minimum Gasteiger partial charge on any atom is -0.368 e. The molecule has 0 bridgehead atoms. The lowest BCUT2D eigenvalue weighted by Gasteiger charge is -2.19. The van der Waals surface area contributed by atoms with Gasteiger partial charge in [0.05, 0.1) is 0 Å². The van der Waals surface area contributed by atoms with Crippen LogP contribution >= 0.6 is 11.9 Å². The monoisotopic (exact) mass is 296 g/mol. The van der Waals surface area contributed by atoms with Crippen LogP contribution in [0, 0.1) is 0 Å². The van der Waals surface area contributed by atoms with Crippen molar-refractivity contribution in [1.29, 1.82) is 0 Å². The Morgan fingerprint density at radius 1 is 1.15 bits per heavy atom. The molecule has 108 valence electrons. The van der Waals surface area contributed by atoms with Gasteiger partial charge in [-0.25, -0.2) is 4.31 Å². The van der Waals surface area contributed by atoms with Crippen LogP contribution in [-0.4, -0.2) is 44.2 Å². The Morgan fingerprint density at radius 3 is 2.30 bits per heavy atom. The Morgan fingerprint density at radius 2 is 1.75 bits per heavy atom. The maximum absolute atomic E-state index is 11.6. The summed E-state index contributed by atoms with van der Waals surface area (Å²) < 4.78 is 1.08. The number of rotatable bonds is 5. The summed E-state index contributed by atoms with van der Waals surface area (Å²) >= 11 is 0.899. The van der Waals surface area contributed by atoms with E-state index in [2.05, 4.69) is 15.0 Å². The number of anilines is 2. The molecule has 0 atom stereocenters. The van der Waals surface area contributed by atoms with Crippen LogP contribution in [0.4, 0.5) is 11.9 Å². The molecular formula is C11H16N6O2S. The molecule has 0 unspecified atom stereocenters. The number of carbonyl (C=O) groups is 2. The first-order chi connectivity index (χ1) is 9.55. The maximum Gasteiger partial charge on any atom is 0.240 e. The van der Waals surface area contributed by atoms with Crippen molar-refractivity contribution in [3.05, 3.63) is 0 Å². The Labute approximate surface area is 120 Å². The average Bonchev–Trinajstić information content (AvgIpc) is 2.71. The second-order valence-corrected chi connectivity index (χ2v) is 5.03. The molecule has 1 aromatic heterocycles. The Balaban J connectivity index is 2.24. The van der Waals surface area contributed by atoms with Crippen LogP contribution in [0.1, 0.15) is 26.7 Å². The number of carbonyl (C=O) groups excluding carboxylic acids is 2. The molecule has 1 aliphatic rings. The van der Waals surface area contributed by atoms with E-state index in [1.807, 2.05) is 18.7 Å². The first kappa shape index (κ1) is 14.5. The molecule has 8 nitrogen and oxygen atoms in total. The van der Waals surface area contributed by atoms with Gasteiger partial charge in [-0.2, -0.15) is 15.0 Å². The quantitative estimate of drug-likeness (QED) is 0.617. The molecule has 20 heavy (non-hydrogen) atoms. The van der Waals surface area contributed by atoms with Crippen molar-refractivity contribution < 1.29 is 9.59 Å². The molecule has 2 amide bonds. The van der Waals surface area contributed by atoms with Crippen LogP contribution in [0.25, 0.3) is 0 Å². The van der Waals surface area contributed by atoms with Gasteiger partial charge in [0.15, 0.2) is 0 Å². The second-order valence-electron chi connectivity index (χ2n) is 4.12. The number of aromatic nitrogens is 3. The van der Waals surface area contributed by atoms with Crippen molar-refractivity contribution in [1.82, 2.24) is 19.3 Å². The smallest absolute Gasteiger partial charge is 0.240 e. The van der Waals surface area contributed by atoms with E-state index in [9.17, 15) is 9.59 Å². The van der Waals surface area contributed by atoms with Gasteiger partial charge in [-0.3, -0.25) is 9.59 Å². The zero-order valence-electron chi connectivity index (χ0n) is 11.4. The fourth-order valence-electron chi connectivity index (χ4n) is 1.79. The number of hydrogen-bond acceptors (Lipinski definition) is 8. The summed E-state index contributed by atoms with van der Waals surface area (Å²) in [6, 6.07) is 0. The molecular weight excluding hydrogens is 280 g/mol. The summed E-state index contributed by atoms with van der Waals surface area (Å²) in [4.78, 5) is 37.3. The van der Waals surface area contributed by atoms with Crippen molar-refractivity contribution in [3.8, 4) is 0 Å². The van der Waals surface area contributed by atoms with E-state index in [-0.39, 0.29) is 35.8 Å². The molecule has 2 rings (SSSR count). The molecule has 1 saturated heterocycles. The van der Waals surface area contributed by atoms with Crippen molar-refractivity contribution in [2.75, 3.05) is 23.7 Å². The summed E-state index contributed by atoms with van der Waals surface area (Å²) in [6.07, 6.45) is 0.463. The van der Waals surface area contributed by atoms with Gasteiger partial charge in [0.25, 0.3) is 0 Å². The van der Waals surface area contributed by atoms with E-state index in [0.29, 0.717) is 5.95 Å². The number of hydrogen-bond donors (Lipinski definition) is 1. The van der Waals surface area contributed by atoms with Crippen molar-refractivity contribution in [2.45, 2.75) is 31.8 Å². The highest BCUT2D eigenvalue weighted by Crippen LogP contribution is 2.27. The van der Waals surface area contributed by atoms with E-state index in [1.165, 1.54) is 0 Å². The average molecular weight is 296 g/mol. The highest BCUT2D eigenvalue weighted by atomic mass is 32.2. The molecule has 0 spiro atoms. The summed E-state index contributed by atoms with van der Waals surface area (Å²) in [5, 5.41) is 0.253. The topological polar surface area (TPSA) is 105 Å². The van der Waals surface area contributed by atoms with E-state index in [4.69, 9.17) is 5.73 Å². The number of nitrogens with two attached hydrogens (primary N) is 1. The SMILES string of the molecule is CCN(CC)c1nc(N)nc(SN2C(=O)CCC2=O)n1. The summed E-state index contributed by atoms with van der Waals surface area (Å²) in [7, 11) is 0. The van der Waals surface area contributed by atoms with E-state index in [0.717, 1.165) is 29.3 Å². The Bertz CT molecular complexity index is 518. The summed E-state index contributed by atoms with van der Waals surface area (Å²) in [6.45, 7) is 5.41. The van der Waals surface area contributed by atoms with Crippen LogP contribution in [0.3, 0.4) is 0 Å². The fourth-order valence-corrected chi connectivity index (χ4v) is 2.60.